The van der Waals surface area contributed by atoms with E-state index in [1.54, 1.807) is 0 Å². The first-order valence-electron chi connectivity index (χ1n) is 6.26. The molecule has 4 heteroatoms. The zero-order chi connectivity index (χ0) is 13.3. The molecule has 1 N–H and O–H groups in total. The van der Waals surface area contributed by atoms with Crippen LogP contribution in [0.1, 0.15) is 51.2 Å². The van der Waals surface area contributed by atoms with E-state index in [4.69, 9.17) is 0 Å². The maximum atomic E-state index is 11.9. The van der Waals surface area contributed by atoms with E-state index in [9.17, 15) is 10.1 Å². The Hall–Kier alpha value is -1.34. The molecule has 0 saturated heterocycles. The lowest BCUT2D eigenvalue weighted by atomic mass is 9.84. The van der Waals surface area contributed by atoms with Gasteiger partial charge in [0.25, 0.3) is 0 Å². The van der Waals surface area contributed by atoms with Crippen LogP contribution in [0.3, 0.4) is 0 Å². The molecule has 1 heterocycles. The van der Waals surface area contributed by atoms with Crippen LogP contribution in [0.15, 0.2) is 5.38 Å². The summed E-state index contributed by atoms with van der Waals surface area (Å²) in [5.74, 6) is 0.219. The molecule has 1 amide bonds. The molecule has 1 aromatic rings. The zero-order valence-corrected chi connectivity index (χ0v) is 11.9. The third-order valence-corrected chi connectivity index (χ3v) is 4.32. The molecule has 1 aliphatic rings. The molecule has 0 aliphatic heterocycles. The largest absolute Gasteiger partial charge is 0.316 e. The first kappa shape index (κ1) is 13.1. The van der Waals surface area contributed by atoms with Gasteiger partial charge in [-0.1, -0.05) is 27.2 Å². The van der Waals surface area contributed by atoms with Crippen LogP contribution in [0.5, 0.6) is 0 Å². The molecule has 0 spiro atoms. The van der Waals surface area contributed by atoms with E-state index in [0.717, 1.165) is 24.8 Å². The van der Waals surface area contributed by atoms with Gasteiger partial charge < -0.3 is 5.32 Å². The molecule has 0 aromatic carbocycles. The number of nitrogens with one attached hydrogen (secondary N) is 1. The normalized spacial score (nSPS) is 15.9. The maximum absolute atomic E-state index is 11.9. The second-order valence-corrected chi connectivity index (χ2v) is 6.71. The van der Waals surface area contributed by atoms with Crippen LogP contribution in [-0.4, -0.2) is 5.91 Å². The second kappa shape index (κ2) is 4.74. The van der Waals surface area contributed by atoms with E-state index in [-0.39, 0.29) is 17.2 Å². The Morgan fingerprint density at radius 3 is 2.61 bits per heavy atom. The van der Waals surface area contributed by atoms with Crippen molar-refractivity contribution in [1.82, 2.24) is 0 Å². The van der Waals surface area contributed by atoms with Gasteiger partial charge in [-0.15, -0.1) is 11.3 Å². The van der Waals surface area contributed by atoms with E-state index >= 15 is 0 Å². The van der Waals surface area contributed by atoms with E-state index < -0.39 is 0 Å². The number of anilines is 1. The van der Waals surface area contributed by atoms with Crippen LogP contribution >= 0.6 is 11.3 Å². The molecule has 0 bridgehead atoms. The number of hydrogen-bond donors (Lipinski definition) is 1. The summed E-state index contributed by atoms with van der Waals surface area (Å²) in [4.78, 5) is 11.9. The minimum Gasteiger partial charge on any atom is -0.316 e. The van der Waals surface area contributed by atoms with Crippen molar-refractivity contribution in [3.8, 4) is 6.07 Å². The molecule has 1 fully saturated rings. The van der Waals surface area contributed by atoms with Gasteiger partial charge in [0, 0.05) is 5.92 Å². The van der Waals surface area contributed by atoms with Crippen LogP contribution in [0.25, 0.3) is 0 Å². The number of hydrogen-bond acceptors (Lipinski definition) is 3. The van der Waals surface area contributed by atoms with Crippen LogP contribution in [0.2, 0.25) is 0 Å². The lowest BCUT2D eigenvalue weighted by Gasteiger charge is -2.24. The molecule has 0 atom stereocenters. The zero-order valence-electron chi connectivity index (χ0n) is 11.0. The number of carbonyl (C=O) groups excluding carboxylic acids is 1. The number of rotatable bonds is 2. The summed E-state index contributed by atoms with van der Waals surface area (Å²) in [6.07, 6.45) is 3.09. The summed E-state index contributed by atoms with van der Waals surface area (Å²) in [5, 5.41) is 14.9. The molecule has 0 radical (unpaired) electrons. The Balaban J connectivity index is 2.21. The van der Waals surface area contributed by atoms with Gasteiger partial charge in [-0.3, -0.25) is 4.79 Å². The van der Waals surface area contributed by atoms with Crippen LogP contribution < -0.4 is 5.32 Å². The second-order valence-electron chi connectivity index (χ2n) is 5.83. The Morgan fingerprint density at radius 2 is 2.17 bits per heavy atom. The highest BCUT2D eigenvalue weighted by Gasteiger charge is 2.28. The van der Waals surface area contributed by atoms with E-state index in [0.29, 0.717) is 10.6 Å². The minimum absolute atomic E-state index is 0.0684. The Kier molecular flexibility index (Phi) is 3.45. The van der Waals surface area contributed by atoms with Gasteiger partial charge in [0.15, 0.2) is 0 Å². The molecule has 0 unspecified atom stereocenters. The third-order valence-electron chi connectivity index (χ3n) is 3.42. The number of amides is 1. The fourth-order valence-electron chi connectivity index (χ4n) is 2.00. The SMILES string of the molecule is CC(C)(C)c1csc(NC(=O)C2CCC2)c1C#N. The van der Waals surface area contributed by atoms with Crippen LogP contribution in [0, 0.1) is 17.2 Å². The molecular weight excluding hydrogens is 244 g/mol. The van der Waals surface area contributed by atoms with Crippen molar-refractivity contribution in [2.75, 3.05) is 5.32 Å². The fraction of sp³-hybridized carbons (Fsp3) is 0.571. The summed E-state index contributed by atoms with van der Waals surface area (Å²) >= 11 is 1.45. The molecule has 18 heavy (non-hydrogen) atoms. The molecule has 3 nitrogen and oxygen atoms in total. The number of carbonyl (C=O) groups is 1. The minimum atomic E-state index is -0.0684. The lowest BCUT2D eigenvalue weighted by Crippen LogP contribution is -2.28. The van der Waals surface area contributed by atoms with Crippen molar-refractivity contribution in [2.24, 2.45) is 5.92 Å². The Morgan fingerprint density at radius 1 is 1.50 bits per heavy atom. The van der Waals surface area contributed by atoms with E-state index in [1.807, 2.05) is 5.38 Å². The van der Waals surface area contributed by atoms with Gasteiger partial charge in [0.1, 0.15) is 11.1 Å². The summed E-state index contributed by atoms with van der Waals surface area (Å²) in [6.45, 7) is 6.23. The van der Waals surface area contributed by atoms with Crippen molar-refractivity contribution in [3.05, 3.63) is 16.5 Å². The van der Waals surface area contributed by atoms with Crippen LogP contribution in [-0.2, 0) is 10.2 Å². The summed E-state index contributed by atoms with van der Waals surface area (Å²) in [7, 11) is 0. The predicted octanol–water partition coefficient (Wildman–Crippen LogP) is 3.66. The third kappa shape index (κ3) is 2.41. The first-order chi connectivity index (χ1) is 8.43. The summed E-state index contributed by atoms with van der Waals surface area (Å²) in [6, 6.07) is 2.23. The maximum Gasteiger partial charge on any atom is 0.228 e. The highest BCUT2D eigenvalue weighted by Crippen LogP contribution is 2.36. The molecule has 96 valence electrons. The molecule has 1 aromatic heterocycles. The van der Waals surface area contributed by atoms with Crippen molar-refractivity contribution < 1.29 is 4.79 Å². The smallest absolute Gasteiger partial charge is 0.228 e. The first-order valence-corrected chi connectivity index (χ1v) is 7.14. The van der Waals surface area contributed by atoms with E-state index in [2.05, 4.69) is 32.2 Å². The van der Waals surface area contributed by atoms with Gasteiger partial charge >= 0.3 is 0 Å². The monoisotopic (exact) mass is 262 g/mol. The molecular formula is C14H18N2OS. The van der Waals surface area contributed by atoms with Gasteiger partial charge in [0.05, 0.1) is 5.56 Å². The summed E-state index contributed by atoms with van der Waals surface area (Å²) < 4.78 is 0. The average molecular weight is 262 g/mol. The van der Waals surface area contributed by atoms with Crippen molar-refractivity contribution >= 4 is 22.2 Å². The topological polar surface area (TPSA) is 52.9 Å². The van der Waals surface area contributed by atoms with Gasteiger partial charge in [0.2, 0.25) is 5.91 Å². The van der Waals surface area contributed by atoms with E-state index in [1.165, 1.54) is 11.3 Å². The van der Waals surface area contributed by atoms with Gasteiger partial charge in [-0.05, 0) is 29.2 Å². The lowest BCUT2D eigenvalue weighted by molar-refractivity contribution is -0.122. The number of nitriles is 1. The average Bonchev–Trinajstić information content (AvgIpc) is 2.57. The van der Waals surface area contributed by atoms with Crippen molar-refractivity contribution in [3.63, 3.8) is 0 Å². The number of nitrogens with zero attached hydrogens (tertiary/aromatic N) is 1. The fourth-order valence-corrected chi connectivity index (χ4v) is 3.14. The predicted molar refractivity (Wildman–Crippen MR) is 73.7 cm³/mol. The molecule has 2 rings (SSSR count). The van der Waals surface area contributed by atoms with Gasteiger partial charge in [-0.2, -0.15) is 5.26 Å². The number of thiophene rings is 1. The standard InChI is InChI=1S/C14H18N2OS/c1-14(2,3)11-8-18-13(10(11)7-15)16-12(17)9-5-4-6-9/h8-9H,4-6H2,1-3H3,(H,16,17). The highest BCUT2D eigenvalue weighted by atomic mass is 32.1. The Labute approximate surface area is 112 Å². The van der Waals surface area contributed by atoms with Crippen LogP contribution in [0.4, 0.5) is 5.00 Å². The quantitative estimate of drug-likeness (QED) is 0.884. The Bertz CT molecular complexity index is 501. The summed E-state index contributed by atoms with van der Waals surface area (Å²) in [5.41, 5.74) is 1.57. The molecule has 1 saturated carbocycles. The van der Waals surface area contributed by atoms with Gasteiger partial charge in [-0.25, -0.2) is 0 Å². The highest BCUT2D eigenvalue weighted by molar-refractivity contribution is 7.14. The van der Waals surface area contributed by atoms with Crippen molar-refractivity contribution in [1.29, 1.82) is 5.26 Å². The van der Waals surface area contributed by atoms with Crippen molar-refractivity contribution in [2.45, 2.75) is 45.4 Å². The molecule has 1 aliphatic carbocycles.